The minimum atomic E-state index is -0.981. The number of nitrogens with two attached hydrogens (primary N) is 1. The number of amides is 4. The van der Waals surface area contributed by atoms with Crippen molar-refractivity contribution in [2.75, 3.05) is 13.7 Å². The molecule has 1 aromatic carbocycles. The van der Waals surface area contributed by atoms with E-state index in [4.69, 9.17) is 16.9 Å². The Labute approximate surface area is 127 Å². The lowest BCUT2D eigenvalue weighted by Crippen LogP contribution is -2.43. The van der Waals surface area contributed by atoms with Crippen LogP contribution in [0.2, 0.25) is 0 Å². The molecule has 3 N–H and O–H groups in total. The molecule has 1 aromatic rings. The van der Waals surface area contributed by atoms with Gasteiger partial charge in [0, 0.05) is 18.7 Å². The van der Waals surface area contributed by atoms with E-state index in [0.29, 0.717) is 17.9 Å². The number of ether oxygens (including phenoxy) is 1. The number of nitrogens with zero attached hydrogens (tertiary/aromatic N) is 1. The molecular weight excluding hydrogens is 286 g/mol. The van der Waals surface area contributed by atoms with E-state index in [1.165, 1.54) is 12.0 Å². The first kappa shape index (κ1) is 15.4. The second-order valence-corrected chi connectivity index (χ2v) is 4.78. The monoisotopic (exact) mass is 301 g/mol. The number of benzene rings is 1. The molecule has 7 nitrogen and oxygen atoms in total. The van der Waals surface area contributed by atoms with Gasteiger partial charge in [-0.1, -0.05) is 12.0 Å². The van der Waals surface area contributed by atoms with Crippen LogP contribution in [0.25, 0.3) is 0 Å². The summed E-state index contributed by atoms with van der Waals surface area (Å²) in [6, 6.07) is 4.21. The third-order valence-electron chi connectivity index (χ3n) is 3.36. The van der Waals surface area contributed by atoms with E-state index in [-0.39, 0.29) is 12.5 Å². The molecule has 1 aliphatic heterocycles. The average molecular weight is 301 g/mol. The number of carbonyl (C=O) groups excluding carboxylic acids is 3. The van der Waals surface area contributed by atoms with Gasteiger partial charge in [0.15, 0.2) is 0 Å². The molecule has 0 spiro atoms. The summed E-state index contributed by atoms with van der Waals surface area (Å²) in [4.78, 5) is 36.2. The van der Waals surface area contributed by atoms with Crippen molar-refractivity contribution >= 4 is 17.8 Å². The van der Waals surface area contributed by atoms with E-state index in [0.717, 1.165) is 5.56 Å². The Hall–Kier alpha value is -3.01. The molecule has 114 valence electrons. The third-order valence-corrected chi connectivity index (χ3v) is 3.36. The number of hydrogen-bond donors (Lipinski definition) is 2. The molecule has 0 aromatic heterocycles. The van der Waals surface area contributed by atoms with Crippen molar-refractivity contribution in [3.63, 3.8) is 0 Å². The second-order valence-electron chi connectivity index (χ2n) is 4.78. The molecular formula is C15H15N3O4. The van der Waals surface area contributed by atoms with Gasteiger partial charge in [-0.2, -0.15) is 0 Å². The molecule has 22 heavy (non-hydrogen) atoms. The van der Waals surface area contributed by atoms with E-state index in [2.05, 4.69) is 5.92 Å². The van der Waals surface area contributed by atoms with Crippen LogP contribution in [0.1, 0.15) is 15.9 Å². The molecule has 0 radical (unpaired) electrons. The number of urea groups is 1. The standard InChI is InChI=1S/C15H15N3O4/c1-3-9(13(19)17-15(16)21)7-18-8-10-4-5-11(22-2)6-12(10)14(18)20/h1,4-6,9H,7-8H2,2H3,(H3,16,17,19,21)/t9-/m0/s1. The topological polar surface area (TPSA) is 102 Å². The van der Waals surface area contributed by atoms with Crippen LogP contribution < -0.4 is 15.8 Å². The van der Waals surface area contributed by atoms with E-state index < -0.39 is 17.9 Å². The number of methoxy groups -OCH3 is 1. The maximum absolute atomic E-state index is 12.3. The molecule has 2 rings (SSSR count). The van der Waals surface area contributed by atoms with Gasteiger partial charge in [0.25, 0.3) is 5.91 Å². The van der Waals surface area contributed by atoms with Gasteiger partial charge >= 0.3 is 6.03 Å². The van der Waals surface area contributed by atoms with E-state index in [1.54, 1.807) is 18.2 Å². The van der Waals surface area contributed by atoms with Crippen LogP contribution in [0, 0.1) is 18.3 Å². The lowest BCUT2D eigenvalue weighted by atomic mass is 10.1. The fourth-order valence-corrected chi connectivity index (χ4v) is 2.25. The highest BCUT2D eigenvalue weighted by Crippen LogP contribution is 2.27. The van der Waals surface area contributed by atoms with Crippen molar-refractivity contribution in [1.29, 1.82) is 0 Å². The number of primary amides is 1. The number of rotatable bonds is 4. The summed E-state index contributed by atoms with van der Waals surface area (Å²) in [5, 5.41) is 1.92. The molecule has 0 saturated heterocycles. The molecule has 1 aliphatic rings. The second kappa shape index (κ2) is 6.18. The van der Waals surface area contributed by atoms with Crippen LogP contribution in [0.4, 0.5) is 4.79 Å². The summed E-state index contributed by atoms with van der Waals surface area (Å²) in [7, 11) is 1.52. The number of hydrogen-bond acceptors (Lipinski definition) is 4. The number of fused-ring (bicyclic) bond motifs is 1. The first-order valence-electron chi connectivity index (χ1n) is 6.49. The van der Waals surface area contributed by atoms with Crippen LogP contribution in [-0.4, -0.2) is 36.4 Å². The van der Waals surface area contributed by atoms with E-state index in [1.807, 2.05) is 5.32 Å². The molecule has 4 amide bonds. The number of imide groups is 1. The van der Waals surface area contributed by atoms with Crippen LogP contribution in [0.5, 0.6) is 5.75 Å². The zero-order valence-electron chi connectivity index (χ0n) is 12.0. The fourth-order valence-electron chi connectivity index (χ4n) is 2.25. The molecule has 0 fully saturated rings. The molecule has 1 heterocycles. The van der Waals surface area contributed by atoms with Gasteiger partial charge in [-0.05, 0) is 17.7 Å². The lowest BCUT2D eigenvalue weighted by Gasteiger charge is -2.19. The summed E-state index contributed by atoms with van der Waals surface area (Å²) in [5.74, 6) is 0.959. The molecule has 0 aliphatic carbocycles. The van der Waals surface area contributed by atoms with Crippen molar-refractivity contribution < 1.29 is 19.1 Å². The van der Waals surface area contributed by atoms with Crippen LogP contribution in [0.15, 0.2) is 18.2 Å². The normalized spacial score (nSPS) is 14.0. The van der Waals surface area contributed by atoms with Gasteiger partial charge in [0.1, 0.15) is 11.7 Å². The van der Waals surface area contributed by atoms with Crippen molar-refractivity contribution in [2.45, 2.75) is 6.54 Å². The lowest BCUT2D eigenvalue weighted by molar-refractivity contribution is -0.122. The Morgan fingerprint density at radius 3 is 2.86 bits per heavy atom. The number of carbonyl (C=O) groups is 3. The zero-order valence-corrected chi connectivity index (χ0v) is 12.0. The van der Waals surface area contributed by atoms with Gasteiger partial charge in [-0.15, -0.1) is 6.42 Å². The van der Waals surface area contributed by atoms with Crippen molar-refractivity contribution in [3.8, 4) is 18.1 Å². The first-order chi connectivity index (χ1) is 10.5. The minimum Gasteiger partial charge on any atom is -0.497 e. The highest BCUT2D eigenvalue weighted by molar-refractivity contribution is 6.00. The highest BCUT2D eigenvalue weighted by Gasteiger charge is 2.31. The van der Waals surface area contributed by atoms with Gasteiger partial charge in [0.2, 0.25) is 5.91 Å². The predicted octanol–water partition coefficient (Wildman–Crippen LogP) is 0.0953. The summed E-state index contributed by atoms with van der Waals surface area (Å²) >= 11 is 0. The first-order valence-corrected chi connectivity index (χ1v) is 6.49. The maximum Gasteiger partial charge on any atom is 0.318 e. The smallest absolute Gasteiger partial charge is 0.318 e. The zero-order chi connectivity index (χ0) is 16.3. The van der Waals surface area contributed by atoms with Gasteiger partial charge in [0.05, 0.1) is 7.11 Å². The summed E-state index contributed by atoms with van der Waals surface area (Å²) < 4.78 is 5.09. The Balaban J connectivity index is 2.12. The number of terminal acetylenes is 1. The fraction of sp³-hybridized carbons (Fsp3) is 0.267. The summed E-state index contributed by atoms with van der Waals surface area (Å²) in [6.45, 7) is 0.353. The molecule has 0 saturated carbocycles. The summed E-state index contributed by atoms with van der Waals surface area (Å²) in [6.07, 6.45) is 5.30. The molecule has 0 unspecified atom stereocenters. The third kappa shape index (κ3) is 3.01. The Morgan fingerprint density at radius 1 is 1.55 bits per heavy atom. The molecule has 0 bridgehead atoms. The minimum absolute atomic E-state index is 0.00540. The largest absolute Gasteiger partial charge is 0.497 e. The Kier molecular flexibility index (Phi) is 4.32. The van der Waals surface area contributed by atoms with Crippen LogP contribution in [0.3, 0.4) is 0 Å². The van der Waals surface area contributed by atoms with Crippen molar-refractivity contribution in [3.05, 3.63) is 29.3 Å². The Bertz CT molecular complexity index is 678. The number of nitrogens with one attached hydrogen (secondary N) is 1. The predicted molar refractivity (Wildman–Crippen MR) is 77.8 cm³/mol. The molecule has 7 heteroatoms. The summed E-state index contributed by atoms with van der Waals surface area (Å²) in [5.41, 5.74) is 6.24. The SMILES string of the molecule is C#C[C@@H](CN1Cc2ccc(OC)cc2C1=O)C(=O)NC(N)=O. The highest BCUT2D eigenvalue weighted by atomic mass is 16.5. The van der Waals surface area contributed by atoms with Crippen molar-refractivity contribution in [2.24, 2.45) is 11.7 Å². The van der Waals surface area contributed by atoms with Gasteiger partial charge in [-0.25, -0.2) is 4.79 Å². The average Bonchev–Trinajstić information content (AvgIpc) is 2.79. The maximum atomic E-state index is 12.3. The van der Waals surface area contributed by atoms with E-state index in [9.17, 15) is 14.4 Å². The van der Waals surface area contributed by atoms with Gasteiger partial charge < -0.3 is 15.4 Å². The van der Waals surface area contributed by atoms with Crippen LogP contribution >= 0.6 is 0 Å². The van der Waals surface area contributed by atoms with E-state index >= 15 is 0 Å². The Morgan fingerprint density at radius 2 is 2.27 bits per heavy atom. The van der Waals surface area contributed by atoms with Gasteiger partial charge in [-0.3, -0.25) is 14.9 Å². The van der Waals surface area contributed by atoms with Crippen LogP contribution in [-0.2, 0) is 11.3 Å². The molecule has 1 atom stereocenters. The van der Waals surface area contributed by atoms with Crippen molar-refractivity contribution in [1.82, 2.24) is 10.2 Å². The quantitative estimate of drug-likeness (QED) is 0.770.